The first-order valence-electron chi connectivity index (χ1n) is 6.68. The van der Waals surface area contributed by atoms with Crippen LogP contribution in [0.1, 0.15) is 23.1 Å². The van der Waals surface area contributed by atoms with Gasteiger partial charge in [-0.2, -0.15) is 10.1 Å². The van der Waals surface area contributed by atoms with E-state index in [0.717, 1.165) is 23.0 Å². The minimum atomic E-state index is -0.206. The number of nitrogens with one attached hydrogen (secondary N) is 2. The number of aromatic nitrogens is 4. The topological polar surface area (TPSA) is 76.2 Å². The fourth-order valence-corrected chi connectivity index (χ4v) is 2.83. The van der Waals surface area contributed by atoms with Crippen molar-refractivity contribution in [3.8, 4) is 5.82 Å². The van der Waals surface area contributed by atoms with E-state index in [1.165, 1.54) is 0 Å². The fraction of sp³-hybridized carbons (Fsp3) is 0.308. The van der Waals surface area contributed by atoms with Crippen LogP contribution in [0.25, 0.3) is 10.8 Å². The van der Waals surface area contributed by atoms with Gasteiger partial charge in [0.2, 0.25) is 0 Å². The van der Waals surface area contributed by atoms with Crippen molar-refractivity contribution in [3.05, 3.63) is 35.2 Å². The number of amides is 1. The zero-order chi connectivity index (χ0) is 14.8. The van der Waals surface area contributed by atoms with Gasteiger partial charge in [0, 0.05) is 31.4 Å². The molecule has 2 N–H and O–H groups in total. The molecule has 0 aliphatic rings. The van der Waals surface area contributed by atoms with Crippen molar-refractivity contribution in [2.75, 3.05) is 13.6 Å². The molecule has 0 aliphatic carbocycles. The van der Waals surface area contributed by atoms with Gasteiger partial charge in [0.25, 0.3) is 5.91 Å². The molecular formula is C13H16N6OS. The zero-order valence-corrected chi connectivity index (χ0v) is 12.6. The van der Waals surface area contributed by atoms with Gasteiger partial charge in [-0.25, -0.2) is 4.68 Å². The maximum Gasteiger partial charge on any atom is 0.271 e. The standard InChI is InChI=1S/C13H16N6OS/c1-3-15-8-10-11(16-13-18(10)6-7-21-13)19-5-4-9(17-19)12(20)14-2/h4-7,15H,3,8H2,1-2H3,(H,14,20). The van der Waals surface area contributed by atoms with Gasteiger partial charge < -0.3 is 10.6 Å². The largest absolute Gasteiger partial charge is 0.354 e. The highest BCUT2D eigenvalue weighted by Gasteiger charge is 2.16. The van der Waals surface area contributed by atoms with Crippen LogP contribution in [0.4, 0.5) is 0 Å². The molecule has 0 unspecified atom stereocenters. The minimum absolute atomic E-state index is 0.206. The molecule has 0 radical (unpaired) electrons. The van der Waals surface area contributed by atoms with Crippen LogP contribution in [0, 0.1) is 0 Å². The molecule has 21 heavy (non-hydrogen) atoms. The quantitative estimate of drug-likeness (QED) is 0.739. The van der Waals surface area contributed by atoms with E-state index in [1.807, 2.05) is 16.0 Å². The summed E-state index contributed by atoms with van der Waals surface area (Å²) in [6, 6.07) is 1.68. The summed E-state index contributed by atoms with van der Waals surface area (Å²) in [7, 11) is 1.59. The molecule has 110 valence electrons. The molecule has 0 atom stereocenters. The van der Waals surface area contributed by atoms with Crippen molar-refractivity contribution in [2.45, 2.75) is 13.5 Å². The van der Waals surface area contributed by atoms with E-state index in [0.29, 0.717) is 12.2 Å². The lowest BCUT2D eigenvalue weighted by Gasteiger charge is -2.04. The Balaban J connectivity index is 2.04. The van der Waals surface area contributed by atoms with Gasteiger partial charge >= 0.3 is 0 Å². The maximum absolute atomic E-state index is 11.6. The molecule has 0 aromatic carbocycles. The van der Waals surface area contributed by atoms with Gasteiger partial charge in [0.05, 0.1) is 5.69 Å². The summed E-state index contributed by atoms with van der Waals surface area (Å²) in [5.74, 6) is 0.543. The van der Waals surface area contributed by atoms with Crippen molar-refractivity contribution < 1.29 is 4.79 Å². The third-order valence-corrected chi connectivity index (χ3v) is 3.90. The van der Waals surface area contributed by atoms with Gasteiger partial charge in [0.1, 0.15) is 0 Å². The Morgan fingerprint density at radius 2 is 2.29 bits per heavy atom. The molecule has 0 fully saturated rings. The van der Waals surface area contributed by atoms with Gasteiger partial charge in [-0.15, -0.1) is 11.3 Å². The van der Waals surface area contributed by atoms with Crippen LogP contribution >= 0.6 is 11.3 Å². The molecule has 0 aliphatic heterocycles. The number of rotatable bonds is 5. The van der Waals surface area contributed by atoms with Gasteiger partial charge in [0.15, 0.2) is 16.5 Å². The van der Waals surface area contributed by atoms with Crippen LogP contribution in [-0.4, -0.2) is 38.7 Å². The second kappa shape index (κ2) is 5.66. The third-order valence-electron chi connectivity index (χ3n) is 3.15. The second-order valence-corrected chi connectivity index (χ2v) is 5.32. The van der Waals surface area contributed by atoms with Crippen molar-refractivity contribution in [2.24, 2.45) is 0 Å². The highest BCUT2D eigenvalue weighted by atomic mass is 32.1. The van der Waals surface area contributed by atoms with Gasteiger partial charge in [-0.3, -0.25) is 9.20 Å². The van der Waals surface area contributed by atoms with Crippen LogP contribution in [0.15, 0.2) is 23.8 Å². The Bertz CT molecular complexity index is 771. The first-order chi connectivity index (χ1) is 10.2. The van der Waals surface area contributed by atoms with Crippen molar-refractivity contribution in [1.82, 2.24) is 29.8 Å². The Hall–Kier alpha value is -2.19. The number of hydrogen-bond donors (Lipinski definition) is 2. The van der Waals surface area contributed by atoms with Crippen LogP contribution in [0.5, 0.6) is 0 Å². The lowest BCUT2D eigenvalue weighted by Crippen LogP contribution is -2.19. The van der Waals surface area contributed by atoms with Crippen LogP contribution in [0.3, 0.4) is 0 Å². The molecule has 7 nitrogen and oxygen atoms in total. The van der Waals surface area contributed by atoms with E-state index in [2.05, 4.69) is 27.6 Å². The van der Waals surface area contributed by atoms with Gasteiger partial charge in [-0.1, -0.05) is 6.92 Å². The van der Waals surface area contributed by atoms with E-state index >= 15 is 0 Å². The summed E-state index contributed by atoms with van der Waals surface area (Å²) < 4.78 is 3.70. The summed E-state index contributed by atoms with van der Waals surface area (Å²) in [5, 5.41) is 12.2. The molecule has 1 amide bonds. The van der Waals surface area contributed by atoms with Crippen molar-refractivity contribution in [1.29, 1.82) is 0 Å². The van der Waals surface area contributed by atoms with Crippen LogP contribution in [-0.2, 0) is 6.54 Å². The average Bonchev–Trinajstić information content (AvgIpc) is 3.19. The van der Waals surface area contributed by atoms with Crippen LogP contribution in [0.2, 0.25) is 0 Å². The summed E-state index contributed by atoms with van der Waals surface area (Å²) in [6.07, 6.45) is 3.75. The summed E-state index contributed by atoms with van der Waals surface area (Å²) >= 11 is 1.57. The molecule has 3 heterocycles. The van der Waals surface area contributed by atoms with Crippen molar-refractivity contribution in [3.63, 3.8) is 0 Å². The lowest BCUT2D eigenvalue weighted by atomic mass is 10.4. The highest BCUT2D eigenvalue weighted by molar-refractivity contribution is 7.15. The Kier molecular flexibility index (Phi) is 3.72. The van der Waals surface area contributed by atoms with Crippen LogP contribution < -0.4 is 10.6 Å². The smallest absolute Gasteiger partial charge is 0.271 e. The minimum Gasteiger partial charge on any atom is -0.354 e. The number of hydrogen-bond acceptors (Lipinski definition) is 5. The Morgan fingerprint density at radius 1 is 1.43 bits per heavy atom. The van der Waals surface area contributed by atoms with E-state index in [1.54, 1.807) is 35.3 Å². The highest BCUT2D eigenvalue weighted by Crippen LogP contribution is 2.20. The molecule has 3 aromatic heterocycles. The predicted octanol–water partition coefficient (Wildman–Crippen LogP) is 1.05. The van der Waals surface area contributed by atoms with E-state index in [9.17, 15) is 4.79 Å². The number of imidazole rings is 1. The molecule has 3 rings (SSSR count). The summed E-state index contributed by atoms with van der Waals surface area (Å²) in [4.78, 5) is 17.1. The molecule has 0 spiro atoms. The van der Waals surface area contributed by atoms with E-state index in [4.69, 9.17) is 0 Å². The number of thiazole rings is 1. The number of carbonyl (C=O) groups excluding carboxylic acids is 1. The Labute approximate surface area is 125 Å². The molecule has 3 aromatic rings. The molecule has 0 saturated heterocycles. The average molecular weight is 304 g/mol. The molecule has 0 saturated carbocycles. The van der Waals surface area contributed by atoms with Gasteiger partial charge in [-0.05, 0) is 12.6 Å². The number of fused-ring (bicyclic) bond motifs is 1. The van der Waals surface area contributed by atoms with E-state index in [-0.39, 0.29) is 5.91 Å². The van der Waals surface area contributed by atoms with Crippen molar-refractivity contribution >= 4 is 22.2 Å². The normalized spacial score (nSPS) is 11.1. The zero-order valence-electron chi connectivity index (χ0n) is 11.8. The third kappa shape index (κ3) is 2.43. The molecule has 0 bridgehead atoms. The predicted molar refractivity (Wildman–Crippen MR) is 81.0 cm³/mol. The van der Waals surface area contributed by atoms with E-state index < -0.39 is 0 Å². The Morgan fingerprint density at radius 3 is 3.05 bits per heavy atom. The summed E-state index contributed by atoms with van der Waals surface area (Å²) in [6.45, 7) is 3.63. The lowest BCUT2D eigenvalue weighted by molar-refractivity contribution is 0.0957. The first kappa shape index (κ1) is 13.8. The second-order valence-electron chi connectivity index (χ2n) is 4.44. The SMILES string of the molecule is CCNCc1c(-n2ccc(C(=O)NC)n2)nc2sccn12. The summed E-state index contributed by atoms with van der Waals surface area (Å²) in [5.41, 5.74) is 1.41. The maximum atomic E-state index is 11.6. The number of nitrogens with zero attached hydrogens (tertiary/aromatic N) is 4. The first-order valence-corrected chi connectivity index (χ1v) is 7.55. The molecular weight excluding hydrogens is 288 g/mol. The monoisotopic (exact) mass is 304 g/mol. The number of carbonyl (C=O) groups is 1. The molecule has 8 heteroatoms. The fourth-order valence-electron chi connectivity index (χ4n) is 2.10.